The molecule has 0 spiro atoms. The fourth-order valence-corrected chi connectivity index (χ4v) is 3.44. The lowest BCUT2D eigenvalue weighted by Gasteiger charge is -2.32. The van der Waals surface area contributed by atoms with Gasteiger partial charge in [0.15, 0.2) is 0 Å². The van der Waals surface area contributed by atoms with Gasteiger partial charge < -0.3 is 4.90 Å². The Morgan fingerprint density at radius 1 is 1.04 bits per heavy atom. The summed E-state index contributed by atoms with van der Waals surface area (Å²) in [6, 6.07) is 16.7. The Labute approximate surface area is 146 Å². The number of fused-ring (bicyclic) bond motifs is 1. The number of piperidine rings is 1. The maximum absolute atomic E-state index is 13.8. The van der Waals surface area contributed by atoms with Gasteiger partial charge >= 0.3 is 0 Å². The van der Waals surface area contributed by atoms with Gasteiger partial charge in [-0.3, -0.25) is 4.79 Å². The summed E-state index contributed by atoms with van der Waals surface area (Å²) in [6.07, 6.45) is 3.67. The van der Waals surface area contributed by atoms with Crippen molar-refractivity contribution in [1.29, 1.82) is 0 Å². The average molecular weight is 333 g/mol. The predicted octanol–water partition coefficient (Wildman–Crippen LogP) is 4.37. The minimum Gasteiger partial charge on any atom is -0.371 e. The van der Waals surface area contributed by atoms with E-state index >= 15 is 0 Å². The van der Waals surface area contributed by atoms with Crippen LogP contribution in [0.5, 0.6) is 0 Å². The van der Waals surface area contributed by atoms with Crippen LogP contribution in [0.3, 0.4) is 0 Å². The van der Waals surface area contributed by atoms with Crippen LogP contribution < -0.4 is 4.90 Å². The number of hydrogen-bond donors (Lipinski definition) is 0. The van der Waals surface area contributed by atoms with Crippen molar-refractivity contribution < 1.29 is 9.18 Å². The third-order valence-electron chi connectivity index (χ3n) is 4.82. The highest BCUT2D eigenvalue weighted by Crippen LogP contribution is 2.33. The minimum atomic E-state index is -0.265. The molecule has 25 heavy (non-hydrogen) atoms. The predicted molar refractivity (Wildman–Crippen MR) is 97.8 cm³/mol. The fraction of sp³-hybridized carbons (Fsp3) is 0.238. The Morgan fingerprint density at radius 2 is 1.80 bits per heavy atom. The van der Waals surface area contributed by atoms with E-state index in [9.17, 15) is 9.18 Å². The molecule has 4 heteroatoms. The molecule has 0 N–H and O–H groups in total. The zero-order chi connectivity index (χ0) is 17.2. The van der Waals surface area contributed by atoms with Crippen LogP contribution in [0.2, 0.25) is 0 Å². The van der Waals surface area contributed by atoms with Crippen LogP contribution in [-0.2, 0) is 4.79 Å². The molecule has 4 rings (SSSR count). The van der Waals surface area contributed by atoms with Crippen molar-refractivity contribution in [1.82, 2.24) is 4.98 Å². The largest absolute Gasteiger partial charge is 0.371 e. The van der Waals surface area contributed by atoms with E-state index in [2.05, 4.69) is 11.2 Å². The SMILES string of the molecule is O=[C]C1CCN(c2cc(-c3ccccc3)nc3ccc(F)cc23)CC1. The number of nitrogens with zero attached hydrogens (tertiary/aromatic N) is 2. The smallest absolute Gasteiger partial charge is 0.201 e. The van der Waals surface area contributed by atoms with E-state index < -0.39 is 0 Å². The van der Waals surface area contributed by atoms with E-state index in [0.717, 1.165) is 53.8 Å². The van der Waals surface area contributed by atoms with E-state index in [-0.39, 0.29) is 11.7 Å². The third-order valence-corrected chi connectivity index (χ3v) is 4.82. The Morgan fingerprint density at radius 3 is 2.52 bits per heavy atom. The molecule has 3 aromatic rings. The molecule has 0 saturated carbocycles. The van der Waals surface area contributed by atoms with Crippen molar-refractivity contribution in [3.8, 4) is 11.3 Å². The third kappa shape index (κ3) is 3.12. The Bertz CT molecular complexity index is 902. The number of anilines is 1. The second-order valence-electron chi connectivity index (χ2n) is 6.43. The monoisotopic (exact) mass is 333 g/mol. The van der Waals surface area contributed by atoms with Gasteiger partial charge in [-0.05, 0) is 37.1 Å². The van der Waals surface area contributed by atoms with Crippen LogP contribution in [0.1, 0.15) is 12.8 Å². The normalized spacial score (nSPS) is 15.5. The van der Waals surface area contributed by atoms with Crippen LogP contribution in [0, 0.1) is 11.7 Å². The first-order chi connectivity index (χ1) is 12.2. The molecular weight excluding hydrogens is 315 g/mol. The molecule has 1 saturated heterocycles. The van der Waals surface area contributed by atoms with Gasteiger partial charge in [-0.2, -0.15) is 0 Å². The number of hydrogen-bond acceptors (Lipinski definition) is 3. The molecule has 2 aromatic carbocycles. The molecule has 0 unspecified atom stereocenters. The summed E-state index contributed by atoms with van der Waals surface area (Å²) in [5.74, 6) is -0.256. The molecule has 0 bridgehead atoms. The number of rotatable bonds is 3. The first-order valence-electron chi connectivity index (χ1n) is 8.53. The van der Waals surface area contributed by atoms with Crippen molar-refractivity contribution in [2.24, 2.45) is 5.92 Å². The maximum Gasteiger partial charge on any atom is 0.201 e. The van der Waals surface area contributed by atoms with Crippen LogP contribution in [0.25, 0.3) is 22.2 Å². The van der Waals surface area contributed by atoms with Gasteiger partial charge in [0, 0.05) is 35.6 Å². The van der Waals surface area contributed by atoms with Crippen LogP contribution in [-0.4, -0.2) is 24.4 Å². The van der Waals surface area contributed by atoms with Crippen molar-refractivity contribution in [2.75, 3.05) is 18.0 Å². The molecule has 0 aliphatic carbocycles. The maximum atomic E-state index is 13.8. The zero-order valence-corrected chi connectivity index (χ0v) is 13.8. The molecule has 125 valence electrons. The Balaban J connectivity index is 1.83. The number of aromatic nitrogens is 1. The van der Waals surface area contributed by atoms with E-state index in [1.165, 1.54) is 6.07 Å². The summed E-state index contributed by atoms with van der Waals surface area (Å²) >= 11 is 0. The van der Waals surface area contributed by atoms with Gasteiger partial charge in [-0.25, -0.2) is 9.37 Å². The quantitative estimate of drug-likeness (QED) is 0.714. The molecule has 1 aromatic heterocycles. The van der Waals surface area contributed by atoms with Crippen molar-refractivity contribution in [3.63, 3.8) is 0 Å². The lowest BCUT2D eigenvalue weighted by atomic mass is 9.97. The van der Waals surface area contributed by atoms with Crippen LogP contribution in [0.15, 0.2) is 54.6 Å². The van der Waals surface area contributed by atoms with Crippen LogP contribution >= 0.6 is 0 Å². The second-order valence-corrected chi connectivity index (χ2v) is 6.43. The van der Waals surface area contributed by atoms with E-state index in [1.807, 2.05) is 36.4 Å². The van der Waals surface area contributed by atoms with E-state index in [1.54, 1.807) is 12.1 Å². The lowest BCUT2D eigenvalue weighted by molar-refractivity contribution is 0.458. The lowest BCUT2D eigenvalue weighted by Crippen LogP contribution is -2.34. The highest BCUT2D eigenvalue weighted by Gasteiger charge is 2.22. The van der Waals surface area contributed by atoms with Gasteiger partial charge in [0.1, 0.15) is 5.82 Å². The zero-order valence-electron chi connectivity index (χ0n) is 13.8. The molecule has 1 aliphatic rings. The summed E-state index contributed by atoms with van der Waals surface area (Å²) in [5, 5.41) is 0.813. The van der Waals surface area contributed by atoms with Crippen LogP contribution in [0.4, 0.5) is 10.1 Å². The topological polar surface area (TPSA) is 33.2 Å². The molecule has 0 atom stereocenters. The molecule has 3 nitrogen and oxygen atoms in total. The van der Waals surface area contributed by atoms with E-state index in [0.29, 0.717) is 0 Å². The average Bonchev–Trinajstić information content (AvgIpc) is 2.68. The summed E-state index contributed by atoms with van der Waals surface area (Å²) in [6.45, 7) is 1.54. The molecule has 1 aliphatic heterocycles. The summed E-state index contributed by atoms with van der Waals surface area (Å²) in [4.78, 5) is 17.8. The molecule has 2 heterocycles. The fourth-order valence-electron chi connectivity index (χ4n) is 3.44. The number of pyridine rings is 1. The molecule has 1 fully saturated rings. The van der Waals surface area contributed by atoms with Crippen molar-refractivity contribution in [2.45, 2.75) is 12.8 Å². The van der Waals surface area contributed by atoms with Crippen molar-refractivity contribution >= 4 is 22.9 Å². The van der Waals surface area contributed by atoms with Gasteiger partial charge in [0.25, 0.3) is 0 Å². The van der Waals surface area contributed by atoms with Gasteiger partial charge in [0.05, 0.1) is 11.2 Å². The molecule has 0 amide bonds. The summed E-state index contributed by atoms with van der Waals surface area (Å²) in [7, 11) is 0. The molecular formula is C21H18FN2O. The first kappa shape index (κ1) is 15.8. The van der Waals surface area contributed by atoms with Gasteiger partial charge in [-0.1, -0.05) is 30.3 Å². The second kappa shape index (κ2) is 6.63. The summed E-state index contributed by atoms with van der Waals surface area (Å²) in [5.41, 5.74) is 3.67. The Kier molecular flexibility index (Phi) is 4.18. The Hall–Kier alpha value is -2.75. The number of benzene rings is 2. The highest BCUT2D eigenvalue weighted by molar-refractivity contribution is 5.94. The van der Waals surface area contributed by atoms with Crippen molar-refractivity contribution in [3.05, 3.63) is 60.4 Å². The highest BCUT2D eigenvalue weighted by atomic mass is 19.1. The van der Waals surface area contributed by atoms with Gasteiger partial charge in [0.2, 0.25) is 6.29 Å². The van der Waals surface area contributed by atoms with E-state index in [4.69, 9.17) is 4.98 Å². The van der Waals surface area contributed by atoms with Gasteiger partial charge in [-0.15, -0.1) is 0 Å². The number of halogens is 1. The first-order valence-corrected chi connectivity index (χ1v) is 8.53. The summed E-state index contributed by atoms with van der Waals surface area (Å²) < 4.78 is 13.8. The standard InChI is InChI=1S/C21H18FN2O/c22-17-6-7-19-18(12-17)21(24-10-8-15(14-25)9-11-24)13-20(23-19)16-4-2-1-3-5-16/h1-7,12-13,15H,8-11H2. The number of carbonyl (C=O) groups excluding carboxylic acids is 1. The molecule has 1 radical (unpaired) electrons. The minimum absolute atomic E-state index is 0.00896.